The Morgan fingerprint density at radius 1 is 1.30 bits per heavy atom. The molecule has 104 valence electrons. The highest BCUT2D eigenvalue weighted by Crippen LogP contribution is 2.29. The summed E-state index contributed by atoms with van der Waals surface area (Å²) in [4.78, 5) is 0. The molecule has 0 unspecified atom stereocenters. The topological polar surface area (TPSA) is 67.8 Å². The number of hydrogen-bond acceptors (Lipinski definition) is 3. The summed E-state index contributed by atoms with van der Waals surface area (Å²) in [5.41, 5.74) is 6.53. The zero-order valence-electron chi connectivity index (χ0n) is 10.6. The molecule has 0 aliphatic rings. The number of benzene rings is 2. The van der Waals surface area contributed by atoms with Gasteiger partial charge in [-0.2, -0.15) is 0 Å². The van der Waals surface area contributed by atoms with Crippen LogP contribution in [-0.2, 0) is 0 Å². The van der Waals surface area contributed by atoms with Gasteiger partial charge in [-0.15, -0.1) is 0 Å². The molecular weight excluding hydrogens is 327 g/mol. The summed E-state index contributed by atoms with van der Waals surface area (Å²) in [7, 11) is 0. The standard InChI is InChI=1S/C14H12BrFN2O2/c1-8-2-4-10(7-12(8)16)20-13-6-9(15)3-5-11(13)14(17)18-19/h2-7,19H,1H3,(H2,17,18). The third-order valence-corrected chi connectivity index (χ3v) is 3.19. The van der Waals surface area contributed by atoms with Crippen molar-refractivity contribution in [3.63, 3.8) is 0 Å². The van der Waals surface area contributed by atoms with Crippen LogP contribution in [0.15, 0.2) is 46.0 Å². The molecule has 0 radical (unpaired) electrons. The molecule has 0 heterocycles. The first-order chi connectivity index (χ1) is 9.51. The van der Waals surface area contributed by atoms with Crippen LogP contribution in [0.1, 0.15) is 11.1 Å². The number of amidine groups is 1. The maximum atomic E-state index is 13.5. The molecule has 0 atom stereocenters. The van der Waals surface area contributed by atoms with Crippen LogP contribution in [0.25, 0.3) is 0 Å². The first-order valence-electron chi connectivity index (χ1n) is 5.72. The van der Waals surface area contributed by atoms with Crippen LogP contribution in [-0.4, -0.2) is 11.0 Å². The van der Waals surface area contributed by atoms with Gasteiger partial charge in [-0.25, -0.2) is 4.39 Å². The Balaban J connectivity index is 2.41. The predicted molar refractivity (Wildman–Crippen MR) is 77.9 cm³/mol. The molecule has 0 saturated carbocycles. The van der Waals surface area contributed by atoms with E-state index in [1.807, 2.05) is 0 Å². The molecule has 4 nitrogen and oxygen atoms in total. The van der Waals surface area contributed by atoms with Crippen molar-refractivity contribution in [3.05, 3.63) is 57.8 Å². The molecular formula is C14H12BrFN2O2. The van der Waals surface area contributed by atoms with E-state index in [0.29, 0.717) is 22.6 Å². The van der Waals surface area contributed by atoms with Crippen LogP contribution in [0, 0.1) is 12.7 Å². The summed E-state index contributed by atoms with van der Waals surface area (Å²) < 4.78 is 19.9. The van der Waals surface area contributed by atoms with Crippen LogP contribution >= 0.6 is 15.9 Å². The second-order valence-electron chi connectivity index (χ2n) is 4.14. The van der Waals surface area contributed by atoms with Crippen molar-refractivity contribution in [1.29, 1.82) is 0 Å². The Bertz CT molecular complexity index is 674. The lowest BCUT2D eigenvalue weighted by atomic mass is 10.2. The lowest BCUT2D eigenvalue weighted by Crippen LogP contribution is -2.14. The smallest absolute Gasteiger partial charge is 0.173 e. The van der Waals surface area contributed by atoms with E-state index in [-0.39, 0.29) is 11.7 Å². The molecule has 3 N–H and O–H groups in total. The van der Waals surface area contributed by atoms with Crippen molar-refractivity contribution in [1.82, 2.24) is 0 Å². The first-order valence-corrected chi connectivity index (χ1v) is 6.52. The van der Waals surface area contributed by atoms with E-state index in [1.54, 1.807) is 37.3 Å². The van der Waals surface area contributed by atoms with Gasteiger partial charge in [-0.1, -0.05) is 27.2 Å². The van der Waals surface area contributed by atoms with Gasteiger partial charge < -0.3 is 15.7 Å². The van der Waals surface area contributed by atoms with Gasteiger partial charge in [0.2, 0.25) is 0 Å². The van der Waals surface area contributed by atoms with E-state index in [1.165, 1.54) is 6.07 Å². The van der Waals surface area contributed by atoms with E-state index >= 15 is 0 Å². The van der Waals surface area contributed by atoms with Gasteiger partial charge in [0.15, 0.2) is 5.84 Å². The second kappa shape index (κ2) is 5.92. The van der Waals surface area contributed by atoms with Crippen LogP contribution < -0.4 is 10.5 Å². The lowest BCUT2D eigenvalue weighted by Gasteiger charge is -2.11. The molecule has 2 aromatic rings. The summed E-state index contributed by atoms with van der Waals surface area (Å²) in [6.07, 6.45) is 0. The summed E-state index contributed by atoms with van der Waals surface area (Å²) in [5.74, 6) is 0.249. The zero-order chi connectivity index (χ0) is 14.7. The fraction of sp³-hybridized carbons (Fsp3) is 0.0714. The molecule has 2 aromatic carbocycles. The fourth-order valence-corrected chi connectivity index (χ4v) is 1.95. The molecule has 20 heavy (non-hydrogen) atoms. The molecule has 2 rings (SSSR count). The van der Waals surface area contributed by atoms with Gasteiger partial charge in [-0.3, -0.25) is 0 Å². The van der Waals surface area contributed by atoms with Crippen molar-refractivity contribution < 1.29 is 14.3 Å². The molecule has 0 bridgehead atoms. The summed E-state index contributed by atoms with van der Waals surface area (Å²) in [6.45, 7) is 1.67. The van der Waals surface area contributed by atoms with Gasteiger partial charge in [0.25, 0.3) is 0 Å². The van der Waals surface area contributed by atoms with Gasteiger partial charge in [0.1, 0.15) is 17.3 Å². The minimum atomic E-state index is -0.358. The average molecular weight is 339 g/mol. The highest BCUT2D eigenvalue weighted by Gasteiger charge is 2.11. The quantitative estimate of drug-likeness (QED) is 0.387. The SMILES string of the molecule is Cc1ccc(Oc2cc(Br)ccc2/C(N)=N/O)cc1F. The Hall–Kier alpha value is -2.08. The van der Waals surface area contributed by atoms with Gasteiger partial charge >= 0.3 is 0 Å². The molecule has 0 aliphatic heterocycles. The number of ether oxygens (including phenoxy) is 1. The lowest BCUT2D eigenvalue weighted by molar-refractivity contribution is 0.318. The van der Waals surface area contributed by atoms with E-state index < -0.39 is 0 Å². The number of halogens is 2. The molecule has 0 spiro atoms. The highest BCUT2D eigenvalue weighted by atomic mass is 79.9. The number of rotatable bonds is 3. The minimum absolute atomic E-state index is 0.0833. The number of oxime groups is 1. The minimum Gasteiger partial charge on any atom is -0.456 e. The zero-order valence-corrected chi connectivity index (χ0v) is 12.2. The largest absolute Gasteiger partial charge is 0.456 e. The first kappa shape index (κ1) is 14.3. The Morgan fingerprint density at radius 2 is 2.05 bits per heavy atom. The van der Waals surface area contributed by atoms with Gasteiger partial charge in [-0.05, 0) is 36.8 Å². The number of nitrogens with zero attached hydrogens (tertiary/aromatic N) is 1. The molecule has 0 aromatic heterocycles. The molecule has 0 amide bonds. The van der Waals surface area contributed by atoms with E-state index in [0.717, 1.165) is 4.47 Å². The maximum Gasteiger partial charge on any atom is 0.173 e. The summed E-state index contributed by atoms with van der Waals surface area (Å²) in [5, 5.41) is 11.7. The molecule has 0 aliphatic carbocycles. The van der Waals surface area contributed by atoms with Crippen LogP contribution in [0.2, 0.25) is 0 Å². The van der Waals surface area contributed by atoms with Gasteiger partial charge in [0, 0.05) is 10.5 Å². The van der Waals surface area contributed by atoms with Crippen molar-refractivity contribution in [2.75, 3.05) is 0 Å². The van der Waals surface area contributed by atoms with Crippen LogP contribution in [0.5, 0.6) is 11.5 Å². The van der Waals surface area contributed by atoms with Crippen molar-refractivity contribution >= 4 is 21.8 Å². The maximum absolute atomic E-state index is 13.5. The number of nitrogens with two attached hydrogens (primary N) is 1. The second-order valence-corrected chi connectivity index (χ2v) is 5.05. The Kier molecular flexibility index (Phi) is 4.24. The third kappa shape index (κ3) is 3.08. The third-order valence-electron chi connectivity index (χ3n) is 2.70. The summed E-state index contributed by atoms with van der Waals surface area (Å²) >= 11 is 3.31. The Morgan fingerprint density at radius 3 is 2.70 bits per heavy atom. The normalized spacial score (nSPS) is 11.4. The molecule has 0 fully saturated rings. The number of hydrogen-bond donors (Lipinski definition) is 2. The van der Waals surface area contributed by atoms with Crippen molar-refractivity contribution in [3.8, 4) is 11.5 Å². The monoisotopic (exact) mass is 338 g/mol. The van der Waals surface area contributed by atoms with Crippen LogP contribution in [0.4, 0.5) is 4.39 Å². The Labute approximate surface area is 123 Å². The molecule has 0 saturated heterocycles. The van der Waals surface area contributed by atoms with Gasteiger partial charge in [0.05, 0.1) is 5.56 Å². The predicted octanol–water partition coefficient (Wildman–Crippen LogP) is 3.78. The van der Waals surface area contributed by atoms with E-state index in [9.17, 15) is 4.39 Å². The summed E-state index contributed by atoms with van der Waals surface area (Å²) in [6, 6.07) is 9.58. The van der Waals surface area contributed by atoms with Crippen LogP contribution in [0.3, 0.4) is 0 Å². The fourth-order valence-electron chi connectivity index (χ4n) is 1.61. The van der Waals surface area contributed by atoms with Crippen molar-refractivity contribution in [2.24, 2.45) is 10.9 Å². The van der Waals surface area contributed by atoms with E-state index in [2.05, 4.69) is 21.1 Å². The van der Waals surface area contributed by atoms with E-state index in [4.69, 9.17) is 15.7 Å². The number of aryl methyl sites for hydroxylation is 1. The average Bonchev–Trinajstić information content (AvgIpc) is 2.42. The molecule has 6 heteroatoms. The van der Waals surface area contributed by atoms with Crippen molar-refractivity contribution in [2.45, 2.75) is 6.92 Å². The highest BCUT2D eigenvalue weighted by molar-refractivity contribution is 9.10.